The molecule has 1 aromatic carbocycles. The van der Waals surface area contributed by atoms with Crippen molar-refractivity contribution in [3.8, 4) is 0 Å². The normalized spacial score (nSPS) is 12.9. The molecular formula is C16H28N2. The first-order valence-corrected chi connectivity index (χ1v) is 7.13. The molecule has 0 saturated heterocycles. The van der Waals surface area contributed by atoms with Gasteiger partial charge in [-0.1, -0.05) is 43.7 Å². The monoisotopic (exact) mass is 248 g/mol. The van der Waals surface area contributed by atoms with Crippen molar-refractivity contribution in [1.29, 1.82) is 0 Å². The maximum Gasteiger partial charge on any atom is 0.0231 e. The van der Waals surface area contributed by atoms with Crippen molar-refractivity contribution in [3.63, 3.8) is 0 Å². The zero-order chi connectivity index (χ0) is 13.4. The van der Waals surface area contributed by atoms with E-state index in [1.54, 1.807) is 0 Å². The second-order valence-electron chi connectivity index (χ2n) is 5.25. The fourth-order valence-electron chi connectivity index (χ4n) is 2.25. The van der Waals surface area contributed by atoms with Crippen molar-refractivity contribution in [2.75, 3.05) is 20.1 Å². The van der Waals surface area contributed by atoms with Crippen LogP contribution in [0, 0.1) is 6.92 Å². The fraction of sp³-hybridized carbons (Fsp3) is 0.625. The largest absolute Gasteiger partial charge is 0.313 e. The Morgan fingerprint density at radius 3 is 2.67 bits per heavy atom. The van der Waals surface area contributed by atoms with Crippen LogP contribution < -0.4 is 5.32 Å². The van der Waals surface area contributed by atoms with Crippen LogP contribution in [-0.2, 0) is 6.54 Å². The lowest BCUT2D eigenvalue weighted by atomic mass is 10.1. The smallest absolute Gasteiger partial charge is 0.0231 e. The lowest BCUT2D eigenvalue weighted by molar-refractivity contribution is 0.277. The molecule has 1 rings (SSSR count). The van der Waals surface area contributed by atoms with Crippen LogP contribution >= 0.6 is 0 Å². The molecule has 0 fully saturated rings. The first kappa shape index (κ1) is 15.2. The Kier molecular flexibility index (Phi) is 6.99. The number of benzene rings is 1. The molecule has 102 valence electrons. The van der Waals surface area contributed by atoms with E-state index in [2.05, 4.69) is 62.3 Å². The second-order valence-corrected chi connectivity index (χ2v) is 5.25. The summed E-state index contributed by atoms with van der Waals surface area (Å²) in [6.07, 6.45) is 2.40. The summed E-state index contributed by atoms with van der Waals surface area (Å²) in [4.78, 5) is 2.41. The maximum atomic E-state index is 3.61. The first-order chi connectivity index (χ1) is 8.65. The quantitative estimate of drug-likeness (QED) is 0.760. The number of nitrogens with one attached hydrogen (secondary N) is 1. The van der Waals surface area contributed by atoms with Crippen molar-refractivity contribution in [2.24, 2.45) is 0 Å². The van der Waals surface area contributed by atoms with Crippen LogP contribution in [0.4, 0.5) is 0 Å². The summed E-state index contributed by atoms with van der Waals surface area (Å²) in [5.74, 6) is 0. The van der Waals surface area contributed by atoms with Crippen molar-refractivity contribution >= 4 is 0 Å². The number of rotatable bonds is 8. The van der Waals surface area contributed by atoms with Gasteiger partial charge in [-0.25, -0.2) is 0 Å². The van der Waals surface area contributed by atoms with E-state index < -0.39 is 0 Å². The Hall–Kier alpha value is -0.860. The third-order valence-corrected chi connectivity index (χ3v) is 3.24. The Morgan fingerprint density at radius 2 is 2.06 bits per heavy atom. The predicted octanol–water partition coefficient (Wildman–Crippen LogP) is 3.21. The van der Waals surface area contributed by atoms with Crippen molar-refractivity contribution < 1.29 is 0 Å². The summed E-state index contributed by atoms with van der Waals surface area (Å²) in [5, 5.41) is 3.61. The van der Waals surface area contributed by atoms with E-state index in [-0.39, 0.29) is 0 Å². The second kappa shape index (κ2) is 8.28. The number of hydrogen-bond acceptors (Lipinski definition) is 2. The molecule has 0 spiro atoms. The third-order valence-electron chi connectivity index (χ3n) is 3.24. The molecule has 1 unspecified atom stereocenters. The number of nitrogens with zero attached hydrogens (tertiary/aromatic N) is 1. The number of hydrogen-bond donors (Lipinski definition) is 1. The molecule has 1 aromatic rings. The highest BCUT2D eigenvalue weighted by Gasteiger charge is 2.08. The minimum Gasteiger partial charge on any atom is -0.313 e. The Labute approximate surface area is 112 Å². The van der Waals surface area contributed by atoms with Gasteiger partial charge in [-0.3, -0.25) is 0 Å². The van der Waals surface area contributed by atoms with E-state index in [0.29, 0.717) is 6.04 Å². The molecule has 2 heteroatoms. The fourth-order valence-corrected chi connectivity index (χ4v) is 2.25. The topological polar surface area (TPSA) is 15.3 Å². The SMILES string of the molecule is CCCNC(CC)CN(C)Cc1cccc(C)c1. The molecular weight excluding hydrogens is 220 g/mol. The van der Waals surface area contributed by atoms with Gasteiger partial charge < -0.3 is 10.2 Å². The Bertz CT molecular complexity index is 336. The third kappa shape index (κ3) is 5.65. The molecule has 0 saturated carbocycles. The summed E-state index contributed by atoms with van der Waals surface area (Å²) in [6, 6.07) is 9.40. The van der Waals surface area contributed by atoms with Crippen molar-refractivity contribution in [3.05, 3.63) is 35.4 Å². The molecule has 1 N–H and O–H groups in total. The summed E-state index contributed by atoms with van der Waals surface area (Å²) in [6.45, 7) is 9.90. The van der Waals surface area contributed by atoms with E-state index in [1.807, 2.05) is 0 Å². The van der Waals surface area contributed by atoms with E-state index in [4.69, 9.17) is 0 Å². The molecule has 0 aliphatic heterocycles. The molecule has 18 heavy (non-hydrogen) atoms. The molecule has 0 amide bonds. The zero-order valence-corrected chi connectivity index (χ0v) is 12.4. The van der Waals surface area contributed by atoms with E-state index in [9.17, 15) is 0 Å². The van der Waals surface area contributed by atoms with Crippen LogP contribution in [-0.4, -0.2) is 31.1 Å². The summed E-state index contributed by atoms with van der Waals surface area (Å²) < 4.78 is 0. The van der Waals surface area contributed by atoms with Crippen LogP contribution in [0.25, 0.3) is 0 Å². The lowest BCUT2D eigenvalue weighted by Crippen LogP contribution is -2.39. The maximum absolute atomic E-state index is 3.61. The minimum absolute atomic E-state index is 0.611. The van der Waals surface area contributed by atoms with Gasteiger partial charge in [0.2, 0.25) is 0 Å². The molecule has 0 aliphatic carbocycles. The van der Waals surface area contributed by atoms with Gasteiger partial charge in [0.05, 0.1) is 0 Å². The van der Waals surface area contributed by atoms with Crippen LogP contribution in [0.1, 0.15) is 37.8 Å². The highest BCUT2D eigenvalue weighted by atomic mass is 15.1. The van der Waals surface area contributed by atoms with Gasteiger partial charge in [-0.15, -0.1) is 0 Å². The molecule has 0 radical (unpaired) electrons. The Morgan fingerprint density at radius 1 is 1.28 bits per heavy atom. The highest BCUT2D eigenvalue weighted by molar-refractivity contribution is 5.21. The van der Waals surface area contributed by atoms with Gasteiger partial charge in [0.25, 0.3) is 0 Å². The molecule has 0 aliphatic rings. The van der Waals surface area contributed by atoms with E-state index in [0.717, 1.165) is 19.6 Å². The van der Waals surface area contributed by atoms with Gasteiger partial charge in [0, 0.05) is 19.1 Å². The molecule has 0 aromatic heterocycles. The summed E-state index contributed by atoms with van der Waals surface area (Å²) >= 11 is 0. The van der Waals surface area contributed by atoms with Crippen molar-refractivity contribution in [2.45, 2.75) is 46.2 Å². The van der Waals surface area contributed by atoms with Gasteiger partial charge in [0.15, 0.2) is 0 Å². The summed E-state index contributed by atoms with van der Waals surface area (Å²) in [7, 11) is 2.21. The predicted molar refractivity (Wildman–Crippen MR) is 79.9 cm³/mol. The van der Waals surface area contributed by atoms with E-state index in [1.165, 1.54) is 24.0 Å². The zero-order valence-electron chi connectivity index (χ0n) is 12.4. The van der Waals surface area contributed by atoms with E-state index >= 15 is 0 Å². The first-order valence-electron chi connectivity index (χ1n) is 7.13. The van der Waals surface area contributed by atoms with Gasteiger partial charge in [0.1, 0.15) is 0 Å². The lowest BCUT2D eigenvalue weighted by Gasteiger charge is -2.24. The average molecular weight is 248 g/mol. The van der Waals surface area contributed by atoms with Crippen molar-refractivity contribution in [1.82, 2.24) is 10.2 Å². The minimum atomic E-state index is 0.611. The van der Waals surface area contributed by atoms with Crippen LogP contribution in [0.2, 0.25) is 0 Å². The number of aryl methyl sites for hydroxylation is 1. The molecule has 0 heterocycles. The highest BCUT2D eigenvalue weighted by Crippen LogP contribution is 2.07. The van der Waals surface area contributed by atoms with Gasteiger partial charge >= 0.3 is 0 Å². The molecule has 1 atom stereocenters. The van der Waals surface area contributed by atoms with Crippen LogP contribution in [0.3, 0.4) is 0 Å². The number of likely N-dealkylation sites (N-methyl/N-ethyl adjacent to an activating group) is 1. The standard InChI is InChI=1S/C16H28N2/c1-5-10-17-16(6-2)13-18(4)12-15-9-7-8-14(3)11-15/h7-9,11,16-17H,5-6,10,12-13H2,1-4H3. The Balaban J connectivity index is 2.42. The van der Waals surface area contributed by atoms with Gasteiger partial charge in [-0.05, 0) is 38.9 Å². The average Bonchev–Trinajstić information content (AvgIpc) is 2.34. The summed E-state index contributed by atoms with van der Waals surface area (Å²) in [5.41, 5.74) is 2.75. The van der Waals surface area contributed by atoms with Crippen LogP contribution in [0.5, 0.6) is 0 Å². The van der Waals surface area contributed by atoms with Gasteiger partial charge in [-0.2, -0.15) is 0 Å². The van der Waals surface area contributed by atoms with Crippen LogP contribution in [0.15, 0.2) is 24.3 Å². The molecule has 2 nitrogen and oxygen atoms in total. The molecule has 0 bridgehead atoms.